The molecule has 0 atom stereocenters. The maximum absolute atomic E-state index is 5.98. The van der Waals surface area contributed by atoms with Crippen LogP contribution in [0, 0.1) is 6.92 Å². The summed E-state index contributed by atoms with van der Waals surface area (Å²) in [6.07, 6.45) is 2.53. The number of methoxy groups -OCH3 is 2. The third-order valence-electron chi connectivity index (χ3n) is 3.53. The zero-order chi connectivity index (χ0) is 17.5. The lowest BCUT2D eigenvalue weighted by atomic mass is 10.2. The van der Waals surface area contributed by atoms with Crippen LogP contribution in [0.1, 0.15) is 12.1 Å². The second-order valence-corrected chi connectivity index (χ2v) is 5.92. The van der Waals surface area contributed by atoms with Gasteiger partial charge in [-0.05, 0) is 37.7 Å². The van der Waals surface area contributed by atoms with E-state index in [1.807, 2.05) is 29.8 Å². The number of nitrogens with one attached hydrogen (secondary N) is 2. The molecule has 2 rings (SSSR count). The highest BCUT2D eigenvalue weighted by molar-refractivity contribution is 7.80. The highest BCUT2D eigenvalue weighted by Crippen LogP contribution is 2.28. The lowest BCUT2D eigenvalue weighted by Crippen LogP contribution is -2.30. The highest BCUT2D eigenvalue weighted by Gasteiger charge is 2.07. The molecule has 8 heteroatoms. The Hall–Kier alpha value is -1.99. The predicted molar refractivity (Wildman–Crippen MR) is 100 cm³/mol. The third-order valence-corrected chi connectivity index (χ3v) is 4.15. The van der Waals surface area contributed by atoms with E-state index in [4.69, 9.17) is 33.3 Å². The molecule has 2 N–H and O–H groups in total. The summed E-state index contributed by atoms with van der Waals surface area (Å²) in [6, 6.07) is 5.49. The van der Waals surface area contributed by atoms with Gasteiger partial charge in [-0.1, -0.05) is 11.6 Å². The summed E-state index contributed by atoms with van der Waals surface area (Å²) in [5, 5.41) is 11.7. The first-order valence-corrected chi connectivity index (χ1v) is 8.28. The van der Waals surface area contributed by atoms with Gasteiger partial charge in [0.1, 0.15) is 11.5 Å². The molecule has 24 heavy (non-hydrogen) atoms. The van der Waals surface area contributed by atoms with E-state index < -0.39 is 0 Å². The first-order chi connectivity index (χ1) is 11.5. The Kier molecular flexibility index (Phi) is 6.69. The summed E-state index contributed by atoms with van der Waals surface area (Å²) in [4.78, 5) is 0. The monoisotopic (exact) mass is 368 g/mol. The average Bonchev–Trinajstić information content (AvgIpc) is 2.90. The van der Waals surface area contributed by atoms with Crippen molar-refractivity contribution in [3.05, 3.63) is 35.1 Å². The normalized spacial score (nSPS) is 10.3. The van der Waals surface area contributed by atoms with Gasteiger partial charge in [0, 0.05) is 19.2 Å². The number of thiocarbonyl (C=S) groups is 1. The standard InChI is InChI=1S/C16H21ClN4O2S/c1-11-13(17)10-19-21(11)8-4-7-18-16(24)20-14-9-12(22-2)5-6-15(14)23-3/h5-6,9-10H,4,7-8H2,1-3H3,(H2,18,20,24). The summed E-state index contributed by atoms with van der Waals surface area (Å²) >= 11 is 11.3. The first kappa shape index (κ1) is 18.4. The number of ether oxygens (including phenoxy) is 2. The molecule has 0 saturated heterocycles. The number of nitrogens with zero attached hydrogens (tertiary/aromatic N) is 2. The van der Waals surface area contributed by atoms with Crippen LogP contribution in [0.25, 0.3) is 0 Å². The number of aryl methyl sites for hydroxylation is 1. The molecule has 1 heterocycles. The van der Waals surface area contributed by atoms with Crippen LogP contribution >= 0.6 is 23.8 Å². The molecule has 6 nitrogen and oxygen atoms in total. The van der Waals surface area contributed by atoms with Crippen LogP contribution in [0.15, 0.2) is 24.4 Å². The molecule has 1 aromatic heterocycles. The number of benzene rings is 1. The Morgan fingerprint density at radius 3 is 2.75 bits per heavy atom. The minimum atomic E-state index is 0.525. The van der Waals surface area contributed by atoms with Crippen LogP contribution < -0.4 is 20.1 Å². The summed E-state index contributed by atoms with van der Waals surface area (Å²) in [6.45, 7) is 3.44. The molecule has 0 aliphatic rings. The topological polar surface area (TPSA) is 60.3 Å². The van der Waals surface area contributed by atoms with Crippen molar-refractivity contribution in [3.8, 4) is 11.5 Å². The molecule has 0 radical (unpaired) electrons. The van der Waals surface area contributed by atoms with Crippen LogP contribution in [0.4, 0.5) is 5.69 Å². The predicted octanol–water partition coefficient (Wildman–Crippen LogP) is 3.24. The number of rotatable bonds is 7. The fourth-order valence-corrected chi connectivity index (χ4v) is 2.51. The van der Waals surface area contributed by atoms with E-state index in [0.29, 0.717) is 15.9 Å². The van der Waals surface area contributed by atoms with Crippen LogP contribution in [0.5, 0.6) is 11.5 Å². The van der Waals surface area contributed by atoms with Gasteiger partial charge in [-0.3, -0.25) is 4.68 Å². The minimum absolute atomic E-state index is 0.525. The van der Waals surface area contributed by atoms with Crippen molar-refractivity contribution in [2.75, 3.05) is 26.1 Å². The highest BCUT2D eigenvalue weighted by atomic mass is 35.5. The molecule has 0 spiro atoms. The van der Waals surface area contributed by atoms with Crippen molar-refractivity contribution < 1.29 is 9.47 Å². The van der Waals surface area contributed by atoms with Gasteiger partial charge in [-0.2, -0.15) is 5.10 Å². The lowest BCUT2D eigenvalue weighted by molar-refractivity contribution is 0.405. The van der Waals surface area contributed by atoms with Crippen molar-refractivity contribution in [1.29, 1.82) is 0 Å². The van der Waals surface area contributed by atoms with E-state index in [1.54, 1.807) is 20.4 Å². The average molecular weight is 369 g/mol. The van der Waals surface area contributed by atoms with Crippen molar-refractivity contribution >= 4 is 34.6 Å². The van der Waals surface area contributed by atoms with E-state index in [0.717, 1.165) is 36.6 Å². The SMILES string of the molecule is COc1ccc(OC)c(NC(=S)NCCCn2ncc(Cl)c2C)c1. The van der Waals surface area contributed by atoms with Gasteiger partial charge in [0.05, 0.1) is 36.8 Å². The molecule has 0 amide bonds. The van der Waals surface area contributed by atoms with Crippen LogP contribution in [-0.4, -0.2) is 35.7 Å². The minimum Gasteiger partial charge on any atom is -0.497 e. The molecule has 0 fully saturated rings. The summed E-state index contributed by atoms with van der Waals surface area (Å²) in [7, 11) is 3.23. The van der Waals surface area contributed by atoms with Crippen LogP contribution in [0.3, 0.4) is 0 Å². The Morgan fingerprint density at radius 1 is 1.33 bits per heavy atom. The van der Waals surface area contributed by atoms with Gasteiger partial charge in [0.15, 0.2) is 5.11 Å². The van der Waals surface area contributed by atoms with E-state index in [2.05, 4.69) is 15.7 Å². The Labute approximate surface area is 152 Å². The van der Waals surface area contributed by atoms with Crippen molar-refractivity contribution in [3.63, 3.8) is 0 Å². The quantitative estimate of drug-likeness (QED) is 0.578. The largest absolute Gasteiger partial charge is 0.497 e. The van der Waals surface area contributed by atoms with Crippen molar-refractivity contribution in [2.24, 2.45) is 0 Å². The van der Waals surface area contributed by atoms with E-state index in [1.165, 1.54) is 0 Å². The van der Waals surface area contributed by atoms with Crippen LogP contribution in [0.2, 0.25) is 5.02 Å². The molecule has 0 bridgehead atoms. The maximum atomic E-state index is 5.98. The number of hydrogen-bond donors (Lipinski definition) is 2. The number of hydrogen-bond acceptors (Lipinski definition) is 4. The van der Waals surface area contributed by atoms with Crippen molar-refractivity contribution in [1.82, 2.24) is 15.1 Å². The second-order valence-electron chi connectivity index (χ2n) is 5.10. The maximum Gasteiger partial charge on any atom is 0.170 e. The molecule has 1 aromatic carbocycles. The lowest BCUT2D eigenvalue weighted by Gasteiger charge is -2.14. The summed E-state index contributed by atoms with van der Waals surface area (Å²) < 4.78 is 12.4. The molecule has 0 saturated carbocycles. The molecule has 0 aliphatic heterocycles. The van der Waals surface area contributed by atoms with E-state index in [-0.39, 0.29) is 0 Å². The molecule has 2 aromatic rings. The van der Waals surface area contributed by atoms with Gasteiger partial charge in [0.2, 0.25) is 0 Å². The number of halogens is 1. The molecule has 0 aliphatic carbocycles. The van der Waals surface area contributed by atoms with E-state index in [9.17, 15) is 0 Å². The number of anilines is 1. The number of aromatic nitrogens is 2. The molecular formula is C16H21ClN4O2S. The first-order valence-electron chi connectivity index (χ1n) is 7.50. The van der Waals surface area contributed by atoms with Gasteiger partial charge < -0.3 is 20.1 Å². The fraction of sp³-hybridized carbons (Fsp3) is 0.375. The Balaban J connectivity index is 1.82. The second kappa shape index (κ2) is 8.75. The summed E-state index contributed by atoms with van der Waals surface area (Å²) in [5.74, 6) is 1.42. The molecular weight excluding hydrogens is 348 g/mol. The van der Waals surface area contributed by atoms with Crippen molar-refractivity contribution in [2.45, 2.75) is 19.9 Å². The zero-order valence-electron chi connectivity index (χ0n) is 13.9. The molecule has 130 valence electrons. The third kappa shape index (κ3) is 4.75. The molecule has 0 unspecified atom stereocenters. The smallest absolute Gasteiger partial charge is 0.170 e. The van der Waals surface area contributed by atoms with E-state index >= 15 is 0 Å². The zero-order valence-corrected chi connectivity index (χ0v) is 15.5. The van der Waals surface area contributed by atoms with Gasteiger partial charge in [-0.15, -0.1) is 0 Å². The fourth-order valence-electron chi connectivity index (χ4n) is 2.16. The van der Waals surface area contributed by atoms with Gasteiger partial charge >= 0.3 is 0 Å². The Morgan fingerprint density at radius 2 is 2.12 bits per heavy atom. The van der Waals surface area contributed by atoms with Gasteiger partial charge in [0.25, 0.3) is 0 Å². The van der Waals surface area contributed by atoms with Crippen LogP contribution in [-0.2, 0) is 6.54 Å². The van der Waals surface area contributed by atoms with Gasteiger partial charge in [-0.25, -0.2) is 0 Å². The summed E-state index contributed by atoms with van der Waals surface area (Å²) in [5.41, 5.74) is 1.72. The Bertz CT molecular complexity index is 705.